The number of hydrogen-bond acceptors (Lipinski definition) is 2. The van der Waals surface area contributed by atoms with Crippen LogP contribution in [-0.2, 0) is 4.79 Å². The molecule has 8 heavy (non-hydrogen) atoms. The van der Waals surface area contributed by atoms with Gasteiger partial charge in [0.2, 0.25) is 0 Å². The molecule has 0 aliphatic carbocycles. The Morgan fingerprint density at radius 1 is 1.75 bits per heavy atom. The van der Waals surface area contributed by atoms with E-state index in [-0.39, 0.29) is 6.54 Å². The largest absolute Gasteiger partial charge is 0.540 e. The summed E-state index contributed by atoms with van der Waals surface area (Å²) in [5.74, 6) is 0. The van der Waals surface area contributed by atoms with Crippen LogP contribution in [0.1, 0.15) is 0 Å². The van der Waals surface area contributed by atoms with Gasteiger partial charge in [-0.3, -0.25) is 0 Å². The summed E-state index contributed by atoms with van der Waals surface area (Å²) < 4.78 is 0. The van der Waals surface area contributed by atoms with E-state index in [4.69, 9.17) is 5.11 Å². The van der Waals surface area contributed by atoms with Crippen LogP contribution in [0.15, 0.2) is 0 Å². The topological polar surface area (TPSA) is 66.4 Å². The van der Waals surface area contributed by atoms with Gasteiger partial charge < -0.3 is 15.2 Å². The van der Waals surface area contributed by atoms with E-state index in [1.807, 2.05) is 0 Å². The summed E-state index contributed by atoms with van der Waals surface area (Å²) in [6.07, 6.45) is 0.152. The molecule has 0 aromatic heterocycles. The van der Waals surface area contributed by atoms with Crippen molar-refractivity contribution in [3.63, 3.8) is 0 Å². The van der Waals surface area contributed by atoms with Gasteiger partial charge in [0.1, 0.15) is 0 Å². The van der Waals surface area contributed by atoms with E-state index in [9.17, 15) is 9.59 Å². The molecule has 0 fully saturated rings. The minimum absolute atomic E-state index is 0. The van der Waals surface area contributed by atoms with Crippen molar-refractivity contribution in [2.75, 3.05) is 6.54 Å². The Hall–Kier alpha value is -2.06. The van der Waals surface area contributed by atoms with Crippen molar-refractivity contribution in [1.82, 2.24) is 5.32 Å². The number of amides is 1. The molecule has 1 amide bonds. The van der Waals surface area contributed by atoms with E-state index < -0.39 is 6.09 Å². The average Bonchev–Trinajstić information content (AvgIpc) is 1.61. The zero-order chi connectivity index (χ0) is 5.70. The number of hydrogen-bond donors (Lipinski definition) is 2. The zero-order valence-electron chi connectivity index (χ0n) is 4.18. The standard InChI is InChI=1S/C3H4NO3.Rf/c5-2-1-4-3(6)7;/h4H,1H2,(H,6,7);/q-1;. The molecule has 0 bridgehead atoms. The normalized spacial score (nSPS) is 6.50. The number of nitrogens with one attached hydrogen (secondary N) is 1. The number of carbonyl (C=O) groups is 1. The third-order valence-corrected chi connectivity index (χ3v) is 0.312. The van der Waals surface area contributed by atoms with Crippen LogP contribution < -0.4 is 5.32 Å². The molecule has 0 saturated carbocycles. The monoisotopic (exact) mass is 369 g/mol. The second-order valence-corrected chi connectivity index (χ2v) is 0.803. The average molecular weight is 369 g/mol. The van der Waals surface area contributed by atoms with Crippen LogP contribution in [0.3, 0.4) is 0 Å². The number of carbonyl (C=O) groups excluding carboxylic acids is 1. The van der Waals surface area contributed by atoms with Crippen LogP contribution in [0.25, 0.3) is 0 Å². The second-order valence-electron chi connectivity index (χ2n) is 0.803. The maximum atomic E-state index is 9.47. The summed E-state index contributed by atoms with van der Waals surface area (Å²) in [5, 5.41) is 9.54. The van der Waals surface area contributed by atoms with Crippen LogP contribution >= 0.6 is 0 Å². The fourth-order valence-electron chi connectivity index (χ4n) is 0.112. The van der Waals surface area contributed by atoms with Crippen LogP contribution in [0.5, 0.6) is 0 Å². The summed E-state index contributed by atoms with van der Waals surface area (Å²) in [4.78, 5) is 18.7. The van der Waals surface area contributed by atoms with E-state index in [2.05, 4.69) is 0 Å². The van der Waals surface area contributed by atoms with Crippen LogP contribution in [0.2, 0.25) is 0 Å². The Morgan fingerprint density at radius 3 is 2.38 bits per heavy atom. The maximum Gasteiger partial charge on any atom is 0.402 e. The second kappa shape index (κ2) is 4.94. The van der Waals surface area contributed by atoms with Gasteiger partial charge in [0.05, 0.1) is 0 Å². The number of carboxylic acid groups (broad SMARTS) is 1. The van der Waals surface area contributed by atoms with Crippen LogP contribution in [0, 0.1) is 0 Å². The van der Waals surface area contributed by atoms with Crippen molar-refractivity contribution in [1.29, 1.82) is 0 Å². The van der Waals surface area contributed by atoms with E-state index in [1.54, 1.807) is 5.32 Å². The van der Waals surface area contributed by atoms with Crippen LogP contribution in [0.4, 0.5) is 4.79 Å². The Kier molecular flexibility index (Phi) is 5.77. The fourth-order valence-corrected chi connectivity index (χ4v) is 0.112. The fraction of sp³-hybridized carbons (Fsp3) is 0.333. The molecule has 0 spiro atoms. The molecule has 0 aromatic rings. The first-order chi connectivity index (χ1) is 3.27. The predicted octanol–water partition coefficient (Wildman–Crippen LogP) is -0.636. The summed E-state index contributed by atoms with van der Waals surface area (Å²) in [7, 11) is 0. The van der Waals surface area contributed by atoms with Crippen molar-refractivity contribution in [3.05, 3.63) is 0 Å². The molecule has 0 aliphatic rings. The van der Waals surface area contributed by atoms with Crippen LogP contribution in [-0.4, -0.2) is 24.0 Å². The summed E-state index contributed by atoms with van der Waals surface area (Å²) in [5.41, 5.74) is 0. The minimum atomic E-state index is -1.21. The molecule has 0 unspecified atom stereocenters. The van der Waals surface area contributed by atoms with E-state index in [0.29, 0.717) is 0 Å². The molecule has 5 heteroatoms. The van der Waals surface area contributed by atoms with E-state index in [1.165, 1.54) is 6.29 Å². The molecule has 0 radical (unpaired) electrons. The Balaban J connectivity index is 0. The Morgan fingerprint density at radius 2 is 2.25 bits per heavy atom. The Bertz CT molecular complexity index is 84.6. The minimum Gasteiger partial charge on any atom is -0.540 e. The summed E-state index contributed by atoms with van der Waals surface area (Å²) >= 11 is 0. The molecular formula is C3H4NO3Rf-. The van der Waals surface area contributed by atoms with Gasteiger partial charge in [-0.15, -0.1) is 0 Å². The smallest absolute Gasteiger partial charge is 0.402 e. The molecule has 2 N–H and O–H groups in total. The SMILES string of the molecule is O=[C-]CNC(=O)O.[Rf]. The molecule has 4 nitrogen and oxygen atoms in total. The molecule has 42 valence electrons. The first-order valence-corrected chi connectivity index (χ1v) is 1.59. The van der Waals surface area contributed by atoms with Gasteiger partial charge in [-0.1, -0.05) is 6.54 Å². The molecule has 0 saturated heterocycles. The molecule has 0 heterocycles. The van der Waals surface area contributed by atoms with E-state index in [0.717, 1.165) is 0 Å². The number of rotatable bonds is 2. The molecule has 0 atom stereocenters. The quantitative estimate of drug-likeness (QED) is 0.637. The summed E-state index contributed by atoms with van der Waals surface area (Å²) in [6, 6.07) is 0. The zero-order valence-corrected chi connectivity index (χ0v) is 10.6. The van der Waals surface area contributed by atoms with Gasteiger partial charge in [-0.25, -0.2) is 11.1 Å². The first-order valence-electron chi connectivity index (χ1n) is 1.59. The van der Waals surface area contributed by atoms with Gasteiger partial charge in [-0.05, 0) is 0 Å². The third kappa shape index (κ3) is 9.05. The maximum absolute atomic E-state index is 9.47. The van der Waals surface area contributed by atoms with Crippen molar-refractivity contribution >= 4 is 12.4 Å². The van der Waals surface area contributed by atoms with Crippen molar-refractivity contribution in [2.24, 2.45) is 0 Å². The third-order valence-electron chi connectivity index (χ3n) is 0.312. The summed E-state index contributed by atoms with van der Waals surface area (Å²) in [6.45, 7) is -0.255. The van der Waals surface area contributed by atoms with Gasteiger partial charge >= 0.3 is 6.09 Å². The first kappa shape index (κ1) is 9.34. The van der Waals surface area contributed by atoms with E-state index >= 15 is 0 Å². The molecular weight excluding hydrogens is 365 g/mol. The predicted molar refractivity (Wildman–Crippen MR) is 21.7 cm³/mol. The molecule has 0 aromatic carbocycles. The Labute approximate surface area is 40.1 Å². The van der Waals surface area contributed by atoms with Gasteiger partial charge in [0, 0.05) is 0 Å². The van der Waals surface area contributed by atoms with Gasteiger partial charge in [-0.2, -0.15) is 0 Å². The van der Waals surface area contributed by atoms with Gasteiger partial charge in [0.15, 0.2) is 0 Å². The van der Waals surface area contributed by atoms with Gasteiger partial charge in [0.25, 0.3) is 0 Å². The molecule has 0 rings (SSSR count). The van der Waals surface area contributed by atoms with Crippen molar-refractivity contribution < 1.29 is 14.7 Å². The van der Waals surface area contributed by atoms with Crippen molar-refractivity contribution in [3.8, 4) is 0 Å². The molecule has 0 aliphatic heterocycles. The van der Waals surface area contributed by atoms with Crippen molar-refractivity contribution in [2.45, 2.75) is 0 Å².